The molecule has 1 N–H and O–H groups in total. The van der Waals surface area contributed by atoms with Gasteiger partial charge in [-0.05, 0) is 43.7 Å². The van der Waals surface area contributed by atoms with Crippen molar-refractivity contribution in [2.45, 2.75) is 20.0 Å². The van der Waals surface area contributed by atoms with Crippen molar-refractivity contribution in [2.24, 2.45) is 0 Å². The summed E-state index contributed by atoms with van der Waals surface area (Å²) in [6.45, 7) is 3.54. The lowest BCUT2D eigenvalue weighted by Gasteiger charge is -2.16. The van der Waals surface area contributed by atoms with Crippen LogP contribution in [0.3, 0.4) is 0 Å². The van der Waals surface area contributed by atoms with Crippen molar-refractivity contribution in [3.05, 3.63) is 58.6 Å². The first-order chi connectivity index (χ1) is 10.5. The van der Waals surface area contributed by atoms with Crippen LogP contribution in [0.5, 0.6) is 5.75 Å². The highest BCUT2D eigenvalue weighted by Gasteiger charge is 2.17. The van der Waals surface area contributed by atoms with Gasteiger partial charge in [0.05, 0.1) is 16.3 Å². The molecule has 0 fully saturated rings. The molecule has 1 unspecified atom stereocenters. The monoisotopic (exact) mass is 314 g/mol. The van der Waals surface area contributed by atoms with Gasteiger partial charge >= 0.3 is 0 Å². The molecule has 2 aromatic rings. The highest BCUT2D eigenvalue weighted by Crippen LogP contribution is 2.23. The lowest BCUT2D eigenvalue weighted by molar-refractivity contribution is -0.122. The summed E-state index contributed by atoms with van der Waals surface area (Å²) in [5, 5.41) is 12.2. The fourth-order valence-corrected chi connectivity index (χ4v) is 2.14. The molecule has 0 bridgehead atoms. The van der Waals surface area contributed by atoms with Gasteiger partial charge in [-0.3, -0.25) is 4.79 Å². The molecule has 2 aromatic carbocycles. The molecule has 2 rings (SSSR count). The Bertz CT molecular complexity index is 738. The first kappa shape index (κ1) is 15.9. The van der Waals surface area contributed by atoms with Crippen molar-refractivity contribution < 1.29 is 9.53 Å². The molecule has 0 spiro atoms. The Morgan fingerprint density at radius 3 is 2.73 bits per heavy atom. The van der Waals surface area contributed by atoms with Gasteiger partial charge in [-0.1, -0.05) is 29.8 Å². The van der Waals surface area contributed by atoms with Crippen molar-refractivity contribution in [1.29, 1.82) is 5.26 Å². The molecule has 0 aliphatic rings. The molecule has 0 heterocycles. The Morgan fingerprint density at radius 2 is 2.05 bits per heavy atom. The van der Waals surface area contributed by atoms with E-state index in [9.17, 15) is 4.79 Å². The van der Waals surface area contributed by atoms with E-state index in [1.54, 1.807) is 43.3 Å². The van der Waals surface area contributed by atoms with E-state index in [1.165, 1.54) is 0 Å². The topological polar surface area (TPSA) is 62.1 Å². The van der Waals surface area contributed by atoms with Gasteiger partial charge in [0.15, 0.2) is 6.10 Å². The Morgan fingerprint density at radius 1 is 1.32 bits per heavy atom. The van der Waals surface area contributed by atoms with Crippen molar-refractivity contribution >= 4 is 23.2 Å². The highest BCUT2D eigenvalue weighted by molar-refractivity contribution is 6.33. The molecule has 4 nitrogen and oxygen atoms in total. The number of nitrogens with zero attached hydrogens (tertiary/aromatic N) is 1. The van der Waals surface area contributed by atoms with Crippen LogP contribution in [0, 0.1) is 18.3 Å². The second kappa shape index (κ2) is 6.97. The van der Waals surface area contributed by atoms with Crippen LogP contribution in [0.1, 0.15) is 18.1 Å². The van der Waals surface area contributed by atoms with Crippen LogP contribution in [0.25, 0.3) is 0 Å². The van der Waals surface area contributed by atoms with E-state index in [0.29, 0.717) is 22.0 Å². The second-order valence-corrected chi connectivity index (χ2v) is 5.25. The maximum atomic E-state index is 12.2. The number of para-hydroxylation sites is 1. The molecule has 1 atom stereocenters. The molecule has 5 heteroatoms. The molecular formula is C17H15ClN2O2. The highest BCUT2D eigenvalue weighted by atomic mass is 35.5. The third-order valence-corrected chi connectivity index (χ3v) is 3.38. The fourth-order valence-electron chi connectivity index (χ4n) is 1.86. The van der Waals surface area contributed by atoms with Gasteiger partial charge in [0, 0.05) is 0 Å². The number of hydrogen-bond donors (Lipinski definition) is 1. The summed E-state index contributed by atoms with van der Waals surface area (Å²) in [7, 11) is 0. The van der Waals surface area contributed by atoms with Crippen molar-refractivity contribution in [1.82, 2.24) is 0 Å². The molecule has 0 aliphatic heterocycles. The molecule has 0 saturated heterocycles. The molecule has 22 heavy (non-hydrogen) atoms. The normalized spacial score (nSPS) is 11.4. The van der Waals surface area contributed by atoms with Crippen molar-refractivity contribution in [2.75, 3.05) is 5.32 Å². The molecule has 0 radical (unpaired) electrons. The number of hydrogen-bond acceptors (Lipinski definition) is 3. The summed E-state index contributed by atoms with van der Waals surface area (Å²) in [5.41, 5.74) is 1.92. The predicted octanol–water partition coefficient (Wildman–Crippen LogP) is 3.93. The maximum absolute atomic E-state index is 12.2. The fraction of sp³-hybridized carbons (Fsp3) is 0.176. The molecule has 1 amide bonds. The van der Waals surface area contributed by atoms with Gasteiger partial charge in [0.1, 0.15) is 11.8 Å². The number of halogens is 1. The maximum Gasteiger partial charge on any atom is 0.265 e. The number of nitriles is 1. The van der Waals surface area contributed by atoms with E-state index in [0.717, 1.165) is 5.56 Å². The van der Waals surface area contributed by atoms with Crippen LogP contribution in [-0.2, 0) is 4.79 Å². The number of amides is 1. The molecule has 0 aliphatic carbocycles. The van der Waals surface area contributed by atoms with Gasteiger partial charge in [0.25, 0.3) is 5.91 Å². The molecule has 0 aromatic heterocycles. The van der Waals surface area contributed by atoms with Gasteiger partial charge in [-0.25, -0.2) is 0 Å². The Hall–Kier alpha value is -2.51. The standard InChI is InChI=1S/C17H15ClN2O2/c1-11-7-8-15(14(18)9-11)20-17(21)12(2)22-16-6-4-3-5-13(16)10-19/h3-9,12H,1-2H3,(H,20,21). The van der Waals surface area contributed by atoms with E-state index in [2.05, 4.69) is 5.32 Å². The third-order valence-electron chi connectivity index (χ3n) is 3.06. The van der Waals surface area contributed by atoms with Crippen LogP contribution in [0.2, 0.25) is 5.02 Å². The SMILES string of the molecule is Cc1ccc(NC(=O)C(C)Oc2ccccc2C#N)c(Cl)c1. The minimum atomic E-state index is -0.758. The Balaban J connectivity index is 2.08. The van der Waals surface area contributed by atoms with Gasteiger partial charge in [-0.2, -0.15) is 5.26 Å². The minimum Gasteiger partial charge on any atom is -0.480 e. The lowest BCUT2D eigenvalue weighted by Crippen LogP contribution is -2.30. The summed E-state index contributed by atoms with van der Waals surface area (Å²) in [6.07, 6.45) is -0.758. The summed E-state index contributed by atoms with van der Waals surface area (Å²) in [6, 6.07) is 14.2. The van der Waals surface area contributed by atoms with Crippen LogP contribution < -0.4 is 10.1 Å². The largest absolute Gasteiger partial charge is 0.480 e. The second-order valence-electron chi connectivity index (χ2n) is 4.84. The van der Waals surface area contributed by atoms with Crippen LogP contribution in [0.15, 0.2) is 42.5 Å². The molecule has 112 valence electrons. The minimum absolute atomic E-state index is 0.335. The van der Waals surface area contributed by atoms with E-state index >= 15 is 0 Å². The Labute approximate surface area is 134 Å². The summed E-state index contributed by atoms with van der Waals surface area (Å²) in [4.78, 5) is 12.2. The van der Waals surface area contributed by atoms with Crippen LogP contribution in [0.4, 0.5) is 5.69 Å². The van der Waals surface area contributed by atoms with Crippen LogP contribution >= 0.6 is 11.6 Å². The van der Waals surface area contributed by atoms with Crippen molar-refractivity contribution in [3.8, 4) is 11.8 Å². The van der Waals surface area contributed by atoms with E-state index in [1.807, 2.05) is 19.1 Å². The smallest absolute Gasteiger partial charge is 0.265 e. The van der Waals surface area contributed by atoms with Gasteiger partial charge in [-0.15, -0.1) is 0 Å². The number of rotatable bonds is 4. The number of aryl methyl sites for hydroxylation is 1. The predicted molar refractivity (Wildman–Crippen MR) is 86.1 cm³/mol. The first-order valence-electron chi connectivity index (χ1n) is 6.74. The summed E-state index contributed by atoms with van der Waals surface area (Å²) in [5.74, 6) is 0.0427. The Kier molecular flexibility index (Phi) is 5.03. The zero-order chi connectivity index (χ0) is 16.1. The van der Waals surface area contributed by atoms with Gasteiger partial charge < -0.3 is 10.1 Å². The number of nitrogens with one attached hydrogen (secondary N) is 1. The summed E-state index contributed by atoms with van der Waals surface area (Å²) < 4.78 is 5.56. The molecule has 0 saturated carbocycles. The van der Waals surface area contributed by atoms with Gasteiger partial charge in [0.2, 0.25) is 0 Å². The summed E-state index contributed by atoms with van der Waals surface area (Å²) >= 11 is 6.09. The number of benzene rings is 2. The molecular weight excluding hydrogens is 300 g/mol. The average molecular weight is 315 g/mol. The van der Waals surface area contributed by atoms with Crippen molar-refractivity contribution in [3.63, 3.8) is 0 Å². The average Bonchev–Trinajstić information content (AvgIpc) is 2.50. The number of carbonyl (C=O) groups is 1. The quantitative estimate of drug-likeness (QED) is 0.930. The van der Waals surface area contributed by atoms with Crippen LogP contribution in [-0.4, -0.2) is 12.0 Å². The lowest BCUT2D eigenvalue weighted by atomic mass is 10.2. The van der Waals surface area contributed by atoms with E-state index in [-0.39, 0.29) is 5.91 Å². The number of ether oxygens (including phenoxy) is 1. The van der Waals surface area contributed by atoms with E-state index in [4.69, 9.17) is 21.6 Å². The zero-order valence-electron chi connectivity index (χ0n) is 12.3. The number of anilines is 1. The first-order valence-corrected chi connectivity index (χ1v) is 7.12. The number of carbonyl (C=O) groups excluding carboxylic acids is 1. The third kappa shape index (κ3) is 3.78. The van der Waals surface area contributed by atoms with E-state index < -0.39 is 6.10 Å². The zero-order valence-corrected chi connectivity index (χ0v) is 13.0.